The van der Waals surface area contributed by atoms with Gasteiger partial charge in [-0.05, 0) is 30.7 Å². The van der Waals surface area contributed by atoms with Crippen molar-refractivity contribution in [3.05, 3.63) is 64.9 Å². The molecule has 0 fully saturated rings. The van der Waals surface area contributed by atoms with Crippen molar-refractivity contribution in [3.8, 4) is 5.75 Å². The molecule has 0 unspecified atom stereocenters. The zero-order chi connectivity index (χ0) is 20.5. The number of imide groups is 1. The van der Waals surface area contributed by atoms with E-state index in [1.165, 1.54) is 13.0 Å². The number of benzene rings is 2. The number of carbonyl (C=O) groups is 3. The molecule has 148 valence electrons. The van der Waals surface area contributed by atoms with Gasteiger partial charge in [-0.3, -0.25) is 10.1 Å². The number of nitrogens with one attached hydrogen (secondary N) is 2. The van der Waals surface area contributed by atoms with Crippen LogP contribution in [0.3, 0.4) is 0 Å². The third-order valence-corrected chi connectivity index (χ3v) is 3.74. The minimum atomic E-state index is -1.22. The Labute approximate surface area is 165 Å². The first-order valence-electron chi connectivity index (χ1n) is 8.25. The molecule has 0 saturated carbocycles. The molecule has 0 aliphatic rings. The quantitative estimate of drug-likeness (QED) is 0.687. The molecule has 0 aliphatic heterocycles. The minimum Gasteiger partial charge on any atom is -0.480 e. The van der Waals surface area contributed by atoms with Gasteiger partial charge in [0, 0.05) is 6.54 Å². The van der Waals surface area contributed by atoms with Crippen molar-refractivity contribution in [2.24, 2.45) is 0 Å². The lowest BCUT2D eigenvalue weighted by atomic mass is 10.2. The molecule has 2 aromatic rings. The zero-order valence-electron chi connectivity index (χ0n) is 14.9. The number of halogens is 2. The van der Waals surface area contributed by atoms with E-state index >= 15 is 0 Å². The average Bonchev–Trinajstić information content (AvgIpc) is 2.66. The zero-order valence-corrected chi connectivity index (χ0v) is 15.7. The summed E-state index contributed by atoms with van der Waals surface area (Å²) in [7, 11) is 0. The Bertz CT molecular complexity index is 847. The van der Waals surface area contributed by atoms with Gasteiger partial charge >= 0.3 is 12.0 Å². The smallest absolute Gasteiger partial charge is 0.344 e. The number of amides is 3. The Morgan fingerprint density at radius 2 is 1.86 bits per heavy atom. The molecular formula is C19H18ClFN2O5. The molecule has 0 aliphatic carbocycles. The maximum absolute atomic E-state index is 13.0. The van der Waals surface area contributed by atoms with E-state index < -0.39 is 36.4 Å². The van der Waals surface area contributed by atoms with Crippen LogP contribution in [0.2, 0.25) is 5.02 Å². The van der Waals surface area contributed by atoms with Crippen LogP contribution in [0.1, 0.15) is 12.5 Å². The fraction of sp³-hybridized carbons (Fsp3) is 0.211. The van der Waals surface area contributed by atoms with Gasteiger partial charge in [-0.15, -0.1) is 0 Å². The Morgan fingerprint density at radius 1 is 1.14 bits per heavy atom. The van der Waals surface area contributed by atoms with Crippen LogP contribution in [0.4, 0.5) is 9.18 Å². The third-order valence-electron chi connectivity index (χ3n) is 3.45. The first-order chi connectivity index (χ1) is 13.3. The number of hydrogen-bond donors (Lipinski definition) is 2. The van der Waals surface area contributed by atoms with Gasteiger partial charge in [-0.2, -0.15) is 0 Å². The molecule has 0 spiro atoms. The summed E-state index contributed by atoms with van der Waals surface area (Å²) in [6.07, 6.45) is -1.22. The molecule has 0 saturated heterocycles. The number of esters is 1. The molecule has 3 amide bonds. The van der Waals surface area contributed by atoms with Crippen LogP contribution in [0.25, 0.3) is 0 Å². The molecule has 0 bridgehead atoms. The SMILES string of the molecule is C[C@H](OC(=O)COc1ccc(F)cc1Cl)C(=O)NC(=O)NCc1ccccc1. The van der Waals surface area contributed by atoms with Crippen molar-refractivity contribution < 1.29 is 28.2 Å². The summed E-state index contributed by atoms with van der Waals surface area (Å²) < 4.78 is 23.0. The standard InChI is InChI=1S/C19H18ClFN2O5/c1-12(18(25)23-19(26)22-10-13-5-3-2-4-6-13)28-17(24)11-27-16-8-7-14(21)9-15(16)20/h2-9,12H,10-11H2,1H3,(H2,22,23,25,26)/t12-/m0/s1. The van der Waals surface area contributed by atoms with E-state index in [0.717, 1.165) is 17.7 Å². The van der Waals surface area contributed by atoms with Crippen molar-refractivity contribution in [3.63, 3.8) is 0 Å². The summed E-state index contributed by atoms with van der Waals surface area (Å²) in [5.74, 6) is -2.10. The van der Waals surface area contributed by atoms with Crippen LogP contribution < -0.4 is 15.4 Å². The first-order valence-corrected chi connectivity index (χ1v) is 8.63. The summed E-state index contributed by atoms with van der Waals surface area (Å²) in [6, 6.07) is 11.8. The first kappa shape index (κ1) is 21.2. The van der Waals surface area contributed by atoms with Crippen molar-refractivity contribution in [2.75, 3.05) is 6.61 Å². The molecule has 0 heterocycles. The van der Waals surface area contributed by atoms with Crippen LogP contribution in [-0.4, -0.2) is 30.6 Å². The molecule has 28 heavy (non-hydrogen) atoms. The van der Waals surface area contributed by atoms with Crippen molar-refractivity contribution in [1.29, 1.82) is 0 Å². The van der Waals surface area contributed by atoms with Crippen molar-refractivity contribution in [1.82, 2.24) is 10.6 Å². The van der Waals surface area contributed by atoms with E-state index in [4.69, 9.17) is 21.1 Å². The molecule has 2 rings (SSSR count). The van der Waals surface area contributed by atoms with Gasteiger partial charge in [0.05, 0.1) is 5.02 Å². The molecule has 7 nitrogen and oxygen atoms in total. The number of hydrogen-bond acceptors (Lipinski definition) is 5. The Balaban J connectivity index is 1.73. The monoisotopic (exact) mass is 408 g/mol. The maximum atomic E-state index is 13.0. The Kier molecular flexibility index (Phi) is 7.76. The van der Waals surface area contributed by atoms with Crippen LogP contribution in [0, 0.1) is 5.82 Å². The molecule has 2 aromatic carbocycles. The Hall–Kier alpha value is -3.13. The van der Waals surface area contributed by atoms with Gasteiger partial charge in [-0.1, -0.05) is 41.9 Å². The molecule has 9 heteroatoms. The predicted molar refractivity (Wildman–Crippen MR) is 99.3 cm³/mol. The van der Waals surface area contributed by atoms with E-state index in [-0.39, 0.29) is 17.3 Å². The van der Waals surface area contributed by atoms with E-state index in [2.05, 4.69) is 10.6 Å². The van der Waals surface area contributed by atoms with Gasteiger partial charge in [0.25, 0.3) is 5.91 Å². The van der Waals surface area contributed by atoms with E-state index in [9.17, 15) is 18.8 Å². The number of carbonyl (C=O) groups excluding carboxylic acids is 3. The molecule has 0 radical (unpaired) electrons. The van der Waals surface area contributed by atoms with E-state index in [1.807, 2.05) is 30.3 Å². The Morgan fingerprint density at radius 3 is 2.54 bits per heavy atom. The second kappa shape index (κ2) is 10.3. The van der Waals surface area contributed by atoms with E-state index in [1.54, 1.807) is 0 Å². The highest BCUT2D eigenvalue weighted by molar-refractivity contribution is 6.32. The summed E-state index contributed by atoms with van der Waals surface area (Å²) in [6.45, 7) is 1.01. The summed E-state index contributed by atoms with van der Waals surface area (Å²) in [5.41, 5.74) is 0.862. The largest absolute Gasteiger partial charge is 0.480 e. The predicted octanol–water partition coefficient (Wildman–Crippen LogP) is 2.82. The maximum Gasteiger partial charge on any atom is 0.344 e. The molecular weight excluding hydrogens is 391 g/mol. The topological polar surface area (TPSA) is 93.7 Å². The van der Waals surface area contributed by atoms with Crippen molar-refractivity contribution in [2.45, 2.75) is 19.6 Å². The van der Waals surface area contributed by atoms with E-state index in [0.29, 0.717) is 0 Å². The second-order valence-electron chi connectivity index (χ2n) is 5.65. The van der Waals surface area contributed by atoms with Gasteiger partial charge in [0.1, 0.15) is 11.6 Å². The van der Waals surface area contributed by atoms with Crippen LogP contribution in [-0.2, 0) is 20.9 Å². The van der Waals surface area contributed by atoms with Crippen molar-refractivity contribution >= 4 is 29.5 Å². The number of rotatable bonds is 7. The molecule has 2 N–H and O–H groups in total. The normalized spacial score (nSPS) is 11.2. The fourth-order valence-corrected chi connectivity index (χ4v) is 2.27. The highest BCUT2D eigenvalue weighted by Gasteiger charge is 2.20. The lowest BCUT2D eigenvalue weighted by molar-refractivity contribution is -0.156. The number of ether oxygens (including phenoxy) is 2. The molecule has 1 atom stereocenters. The van der Waals surface area contributed by atoms with Gasteiger partial charge in [0.15, 0.2) is 12.7 Å². The molecule has 0 aromatic heterocycles. The summed E-state index contributed by atoms with van der Waals surface area (Å²) in [4.78, 5) is 35.4. The average molecular weight is 409 g/mol. The summed E-state index contributed by atoms with van der Waals surface area (Å²) >= 11 is 5.77. The second-order valence-corrected chi connectivity index (χ2v) is 6.06. The van der Waals surface area contributed by atoms with Crippen LogP contribution >= 0.6 is 11.6 Å². The highest BCUT2D eigenvalue weighted by Crippen LogP contribution is 2.24. The lowest BCUT2D eigenvalue weighted by Gasteiger charge is -2.14. The highest BCUT2D eigenvalue weighted by atomic mass is 35.5. The summed E-state index contributed by atoms with van der Waals surface area (Å²) in [5, 5.41) is 4.58. The van der Waals surface area contributed by atoms with Gasteiger partial charge < -0.3 is 14.8 Å². The number of urea groups is 1. The van der Waals surface area contributed by atoms with Crippen LogP contribution in [0.5, 0.6) is 5.75 Å². The lowest BCUT2D eigenvalue weighted by Crippen LogP contribution is -2.44. The van der Waals surface area contributed by atoms with Gasteiger partial charge in [0.2, 0.25) is 0 Å². The van der Waals surface area contributed by atoms with Crippen LogP contribution in [0.15, 0.2) is 48.5 Å². The van der Waals surface area contributed by atoms with Gasteiger partial charge in [-0.25, -0.2) is 14.0 Å². The third kappa shape index (κ3) is 6.88. The minimum absolute atomic E-state index is 0.00585. The fourth-order valence-electron chi connectivity index (χ4n) is 2.05.